The summed E-state index contributed by atoms with van der Waals surface area (Å²) in [4.78, 5) is 50.9. The third kappa shape index (κ3) is 4.58. The number of Topliss-reactive ketones (excluding diaryl/α,β-unsaturated/α-hetero) is 1. The van der Waals surface area contributed by atoms with E-state index in [-0.39, 0.29) is 38.0 Å². The molecule has 4 rings (SSSR count). The Labute approximate surface area is 238 Å². The molecule has 228 valence electrons. The Morgan fingerprint density at radius 2 is 1.78 bits per heavy atom. The standard InChI is InChI=1S/C30H40F2O9/c1-6-8-11-39-26(37)41-30(24(35)16-40-25(36)38-7-2)17(3)12-19-20-14-22(31)21-13-18(33)9-10-27(21,4)29(20,32)23(34)15-28(19,30)5/h9-10,13,17,19-20,22-23,34H,6-8,11-12,14-16H2,1-5H3/t17-,19+,20+,22+,23+,27+,28+,29+,30+/m1/s1. The maximum Gasteiger partial charge on any atom is 0.509 e. The highest BCUT2D eigenvalue weighted by Gasteiger charge is 2.78. The van der Waals surface area contributed by atoms with E-state index in [4.69, 9.17) is 18.9 Å². The maximum atomic E-state index is 17.5. The summed E-state index contributed by atoms with van der Waals surface area (Å²) < 4.78 is 54.1. The highest BCUT2D eigenvalue weighted by molar-refractivity contribution is 6.01. The molecule has 0 amide bonds. The normalized spacial score (nSPS) is 40.9. The van der Waals surface area contributed by atoms with Crippen LogP contribution in [0.25, 0.3) is 0 Å². The molecule has 0 aliphatic heterocycles. The summed E-state index contributed by atoms with van der Waals surface area (Å²) in [5.41, 5.74) is -7.34. The zero-order valence-corrected chi connectivity index (χ0v) is 24.2. The van der Waals surface area contributed by atoms with Gasteiger partial charge < -0.3 is 24.1 Å². The van der Waals surface area contributed by atoms with Crippen LogP contribution in [0.2, 0.25) is 0 Å². The summed E-state index contributed by atoms with van der Waals surface area (Å²) in [6.45, 7) is 7.53. The van der Waals surface area contributed by atoms with E-state index >= 15 is 8.78 Å². The van der Waals surface area contributed by atoms with Gasteiger partial charge in [0.2, 0.25) is 5.78 Å². The average Bonchev–Trinajstić information content (AvgIpc) is 3.12. The number of allylic oxidation sites excluding steroid dienone is 4. The van der Waals surface area contributed by atoms with Crippen molar-refractivity contribution in [2.24, 2.45) is 28.6 Å². The number of halogens is 2. The number of alkyl halides is 2. The lowest BCUT2D eigenvalue weighted by Crippen LogP contribution is -2.71. The van der Waals surface area contributed by atoms with Gasteiger partial charge in [-0.1, -0.05) is 33.3 Å². The number of hydrogen-bond acceptors (Lipinski definition) is 9. The number of unbranched alkanes of at least 4 members (excludes halogenated alkanes) is 1. The van der Waals surface area contributed by atoms with Crippen LogP contribution in [0, 0.1) is 28.6 Å². The second-order valence-electron chi connectivity index (χ2n) is 12.2. The van der Waals surface area contributed by atoms with Crippen molar-refractivity contribution in [3.63, 3.8) is 0 Å². The molecule has 0 unspecified atom stereocenters. The molecule has 4 aliphatic carbocycles. The number of carbonyl (C=O) groups excluding carboxylic acids is 4. The van der Waals surface area contributed by atoms with Crippen LogP contribution in [-0.2, 0) is 28.5 Å². The molecular formula is C30H40F2O9. The lowest BCUT2D eigenvalue weighted by Gasteiger charge is -2.63. The fraction of sp³-hybridized carbons (Fsp3) is 0.733. The molecule has 0 bridgehead atoms. The molecular weight excluding hydrogens is 542 g/mol. The van der Waals surface area contributed by atoms with Gasteiger partial charge in [-0.25, -0.2) is 18.4 Å². The topological polar surface area (TPSA) is 125 Å². The second-order valence-corrected chi connectivity index (χ2v) is 12.2. The molecule has 41 heavy (non-hydrogen) atoms. The minimum Gasteiger partial charge on any atom is -0.435 e. The molecule has 1 N–H and O–H groups in total. The molecule has 3 fully saturated rings. The quantitative estimate of drug-likeness (QED) is 0.311. The van der Waals surface area contributed by atoms with Crippen molar-refractivity contribution in [1.29, 1.82) is 0 Å². The van der Waals surface area contributed by atoms with Crippen LogP contribution in [0.4, 0.5) is 18.4 Å². The molecule has 9 atom stereocenters. The SMILES string of the molecule is CCCCOC(=O)O[C@]1(C(=O)COC(=O)OCC)[C@H](C)C[C@H]2[C@@H]3C[C@H](F)C4=CC(=O)C=C[C@]4(C)[C@@]3(F)[C@@H](O)C[C@@]21C. The van der Waals surface area contributed by atoms with Gasteiger partial charge in [0.1, 0.15) is 6.17 Å². The van der Waals surface area contributed by atoms with Crippen molar-refractivity contribution < 1.29 is 52.0 Å². The first-order chi connectivity index (χ1) is 19.2. The Bertz CT molecular complexity index is 1150. The predicted molar refractivity (Wildman–Crippen MR) is 141 cm³/mol. The van der Waals surface area contributed by atoms with E-state index in [1.165, 1.54) is 19.1 Å². The first kappa shape index (κ1) is 31.1. The molecule has 0 saturated heterocycles. The summed E-state index contributed by atoms with van der Waals surface area (Å²) in [6, 6.07) is 0. The summed E-state index contributed by atoms with van der Waals surface area (Å²) >= 11 is 0. The van der Waals surface area contributed by atoms with Gasteiger partial charge in [0.15, 0.2) is 23.7 Å². The number of aliphatic hydroxyl groups is 1. The summed E-state index contributed by atoms with van der Waals surface area (Å²) in [6.07, 6.45) is -1.11. The van der Waals surface area contributed by atoms with Crippen LogP contribution in [0.1, 0.15) is 66.7 Å². The van der Waals surface area contributed by atoms with E-state index in [2.05, 4.69) is 0 Å². The highest BCUT2D eigenvalue weighted by Crippen LogP contribution is 2.71. The molecule has 0 aromatic heterocycles. The molecule has 4 aliphatic rings. The zero-order chi connectivity index (χ0) is 30.4. The van der Waals surface area contributed by atoms with E-state index in [1.54, 1.807) is 20.8 Å². The van der Waals surface area contributed by atoms with Gasteiger partial charge in [0.05, 0.1) is 19.3 Å². The van der Waals surface area contributed by atoms with Crippen LogP contribution < -0.4 is 0 Å². The van der Waals surface area contributed by atoms with Crippen molar-refractivity contribution in [2.75, 3.05) is 19.8 Å². The monoisotopic (exact) mass is 582 g/mol. The molecule has 0 aromatic rings. The van der Waals surface area contributed by atoms with Crippen LogP contribution >= 0.6 is 0 Å². The molecule has 11 heteroatoms. The Hall–Kier alpha value is -2.82. The minimum atomic E-state index is -2.37. The number of fused-ring (bicyclic) bond motifs is 5. The van der Waals surface area contributed by atoms with Crippen LogP contribution in [-0.4, -0.2) is 72.3 Å². The molecule has 0 heterocycles. The molecule has 3 saturated carbocycles. The van der Waals surface area contributed by atoms with E-state index in [0.29, 0.717) is 6.42 Å². The first-order valence-corrected chi connectivity index (χ1v) is 14.4. The van der Waals surface area contributed by atoms with Crippen molar-refractivity contribution in [1.82, 2.24) is 0 Å². The van der Waals surface area contributed by atoms with E-state index in [9.17, 15) is 24.3 Å². The minimum absolute atomic E-state index is 0.0146. The van der Waals surface area contributed by atoms with Crippen molar-refractivity contribution in [2.45, 2.75) is 90.3 Å². The summed E-state index contributed by atoms with van der Waals surface area (Å²) in [5, 5.41) is 11.6. The van der Waals surface area contributed by atoms with E-state index in [0.717, 1.165) is 12.5 Å². The summed E-state index contributed by atoms with van der Waals surface area (Å²) in [5.74, 6) is -3.75. The van der Waals surface area contributed by atoms with Gasteiger partial charge in [-0.2, -0.15) is 0 Å². The molecule has 9 nitrogen and oxygen atoms in total. The predicted octanol–water partition coefficient (Wildman–Crippen LogP) is 4.99. The Morgan fingerprint density at radius 3 is 2.44 bits per heavy atom. The maximum absolute atomic E-state index is 17.5. The molecule has 0 aromatic carbocycles. The Kier molecular flexibility index (Phi) is 8.44. The number of carbonyl (C=O) groups is 4. The third-order valence-corrected chi connectivity index (χ3v) is 10.1. The number of ketones is 2. The van der Waals surface area contributed by atoms with Crippen molar-refractivity contribution in [3.05, 3.63) is 23.8 Å². The number of rotatable bonds is 8. The fourth-order valence-electron chi connectivity index (χ4n) is 8.24. The van der Waals surface area contributed by atoms with Crippen LogP contribution in [0.3, 0.4) is 0 Å². The van der Waals surface area contributed by atoms with Crippen molar-refractivity contribution >= 4 is 23.9 Å². The van der Waals surface area contributed by atoms with E-state index in [1.807, 2.05) is 6.92 Å². The average molecular weight is 583 g/mol. The smallest absolute Gasteiger partial charge is 0.435 e. The Balaban J connectivity index is 1.77. The van der Waals surface area contributed by atoms with Crippen LogP contribution in [0.5, 0.6) is 0 Å². The number of hydrogen-bond donors (Lipinski definition) is 1. The second kappa shape index (κ2) is 11.1. The lowest BCUT2D eigenvalue weighted by molar-refractivity contribution is -0.226. The Morgan fingerprint density at radius 1 is 1.07 bits per heavy atom. The highest BCUT2D eigenvalue weighted by atomic mass is 19.1. The number of ether oxygens (including phenoxy) is 4. The van der Waals surface area contributed by atoms with Gasteiger partial charge >= 0.3 is 12.3 Å². The fourth-order valence-corrected chi connectivity index (χ4v) is 8.24. The van der Waals surface area contributed by atoms with Crippen LogP contribution in [0.15, 0.2) is 23.8 Å². The largest absolute Gasteiger partial charge is 0.509 e. The van der Waals surface area contributed by atoms with Gasteiger partial charge in [0.25, 0.3) is 0 Å². The molecule has 0 spiro atoms. The third-order valence-electron chi connectivity index (χ3n) is 10.1. The van der Waals surface area contributed by atoms with E-state index < -0.39 is 82.6 Å². The molecule has 0 radical (unpaired) electrons. The van der Waals surface area contributed by atoms with Gasteiger partial charge in [0, 0.05) is 22.7 Å². The van der Waals surface area contributed by atoms with Gasteiger partial charge in [-0.3, -0.25) is 9.59 Å². The van der Waals surface area contributed by atoms with Gasteiger partial charge in [-0.15, -0.1) is 0 Å². The van der Waals surface area contributed by atoms with Gasteiger partial charge in [-0.05, 0) is 63.2 Å². The summed E-state index contributed by atoms with van der Waals surface area (Å²) in [7, 11) is 0. The lowest BCUT2D eigenvalue weighted by atomic mass is 9.44. The van der Waals surface area contributed by atoms with Crippen molar-refractivity contribution in [3.8, 4) is 0 Å². The zero-order valence-electron chi connectivity index (χ0n) is 24.2. The first-order valence-electron chi connectivity index (χ1n) is 14.4. The number of aliphatic hydroxyl groups excluding tert-OH is 1.